The molecule has 2 rings (SSSR count). The van der Waals surface area contributed by atoms with Gasteiger partial charge in [-0.25, -0.2) is 5.43 Å². The van der Waals surface area contributed by atoms with Crippen LogP contribution in [0.15, 0.2) is 47.6 Å². The number of hydrogen-bond acceptors (Lipinski definition) is 5. The molecule has 0 atom stereocenters. The van der Waals surface area contributed by atoms with Gasteiger partial charge in [0.05, 0.1) is 12.2 Å². The summed E-state index contributed by atoms with van der Waals surface area (Å²) in [7, 11) is 0. The van der Waals surface area contributed by atoms with Crippen LogP contribution in [0.4, 0.5) is 0 Å². The molecule has 0 aliphatic rings. The Bertz CT molecular complexity index is 767. The predicted molar refractivity (Wildman–Crippen MR) is 87.9 cm³/mol. The minimum atomic E-state index is -1.24. The van der Waals surface area contributed by atoms with Crippen LogP contribution in [0.3, 0.4) is 0 Å². The number of nitrogens with zero attached hydrogens (tertiary/aromatic N) is 1. The number of ether oxygens (including phenoxy) is 1. The number of rotatable bonds is 6. The van der Waals surface area contributed by atoms with Gasteiger partial charge in [-0.2, -0.15) is 5.10 Å². The number of hydrogen-bond donors (Lipinski definition) is 1. The van der Waals surface area contributed by atoms with E-state index < -0.39 is 11.9 Å². The van der Waals surface area contributed by atoms with E-state index in [1.807, 2.05) is 32.0 Å². The van der Waals surface area contributed by atoms with E-state index in [4.69, 9.17) is 4.74 Å². The van der Waals surface area contributed by atoms with Gasteiger partial charge in [0.1, 0.15) is 5.75 Å². The zero-order valence-electron chi connectivity index (χ0n) is 13.4. The third kappa shape index (κ3) is 4.95. The van der Waals surface area contributed by atoms with Crippen LogP contribution in [0.5, 0.6) is 5.75 Å². The van der Waals surface area contributed by atoms with Gasteiger partial charge in [-0.05, 0) is 36.6 Å². The Morgan fingerprint density at radius 2 is 1.88 bits per heavy atom. The minimum absolute atomic E-state index is 0.0815. The Labute approximate surface area is 139 Å². The van der Waals surface area contributed by atoms with Crippen LogP contribution in [0.25, 0.3) is 0 Å². The molecular weight excluding hydrogens is 308 g/mol. The molecule has 0 bridgehead atoms. The first-order valence-corrected chi connectivity index (χ1v) is 7.29. The van der Waals surface area contributed by atoms with E-state index in [0.29, 0.717) is 11.3 Å². The fraction of sp³-hybridized carbons (Fsp3) is 0.167. The third-order valence-electron chi connectivity index (χ3n) is 3.24. The average molecular weight is 325 g/mol. The van der Waals surface area contributed by atoms with E-state index in [1.165, 1.54) is 18.3 Å². The molecule has 0 unspecified atom stereocenters. The highest BCUT2D eigenvalue weighted by Gasteiger charge is 2.04. The second kappa shape index (κ2) is 7.92. The standard InChI is InChI=1S/C18H18N2O4/c1-12-3-8-16(13(2)9-12)24-11-17(21)20-19-10-14-4-6-15(7-5-14)18(22)23/h3-10H,11H2,1-2H3,(H,20,21)(H,22,23)/p-1. The SMILES string of the molecule is Cc1ccc(OCC(=O)NN=Cc2ccc(C(=O)[O-])cc2)c(C)c1. The van der Waals surface area contributed by atoms with Gasteiger partial charge in [0.2, 0.25) is 0 Å². The number of nitrogens with one attached hydrogen (secondary N) is 1. The first kappa shape index (κ1) is 17.2. The molecule has 0 fully saturated rings. The molecule has 0 spiro atoms. The molecule has 2 aromatic rings. The van der Waals surface area contributed by atoms with E-state index in [-0.39, 0.29) is 12.2 Å². The molecule has 1 N–H and O–H groups in total. The van der Waals surface area contributed by atoms with Crippen molar-refractivity contribution in [2.45, 2.75) is 13.8 Å². The number of carbonyl (C=O) groups is 2. The lowest BCUT2D eigenvalue weighted by atomic mass is 10.1. The second-order valence-corrected chi connectivity index (χ2v) is 5.26. The van der Waals surface area contributed by atoms with Crippen LogP contribution < -0.4 is 15.3 Å². The van der Waals surface area contributed by atoms with Crippen molar-refractivity contribution < 1.29 is 19.4 Å². The van der Waals surface area contributed by atoms with E-state index in [2.05, 4.69) is 10.5 Å². The minimum Gasteiger partial charge on any atom is -0.545 e. The number of hydrazone groups is 1. The third-order valence-corrected chi connectivity index (χ3v) is 3.24. The molecule has 0 aromatic heterocycles. The van der Waals surface area contributed by atoms with Crippen LogP contribution in [0.2, 0.25) is 0 Å². The lowest BCUT2D eigenvalue weighted by Crippen LogP contribution is -2.24. The van der Waals surface area contributed by atoms with Crippen molar-refractivity contribution in [1.82, 2.24) is 5.43 Å². The van der Waals surface area contributed by atoms with Crippen molar-refractivity contribution >= 4 is 18.1 Å². The predicted octanol–water partition coefficient (Wildman–Crippen LogP) is 1.20. The lowest BCUT2D eigenvalue weighted by Gasteiger charge is -2.08. The van der Waals surface area contributed by atoms with Gasteiger partial charge in [0.25, 0.3) is 5.91 Å². The van der Waals surface area contributed by atoms with Gasteiger partial charge in [-0.3, -0.25) is 4.79 Å². The quantitative estimate of drug-likeness (QED) is 0.638. The maximum atomic E-state index is 11.7. The zero-order valence-corrected chi connectivity index (χ0v) is 13.4. The molecule has 0 radical (unpaired) electrons. The van der Waals surface area contributed by atoms with Crippen molar-refractivity contribution in [3.8, 4) is 5.75 Å². The lowest BCUT2D eigenvalue weighted by molar-refractivity contribution is -0.255. The van der Waals surface area contributed by atoms with Crippen LogP contribution in [-0.2, 0) is 4.79 Å². The van der Waals surface area contributed by atoms with Gasteiger partial charge < -0.3 is 14.6 Å². The van der Waals surface area contributed by atoms with Gasteiger partial charge >= 0.3 is 0 Å². The van der Waals surface area contributed by atoms with Crippen LogP contribution in [-0.4, -0.2) is 24.7 Å². The molecular formula is C18H17N2O4-. The van der Waals surface area contributed by atoms with E-state index >= 15 is 0 Å². The molecule has 0 aliphatic heterocycles. The molecule has 124 valence electrons. The summed E-state index contributed by atoms with van der Waals surface area (Å²) < 4.78 is 5.44. The van der Waals surface area contributed by atoms with Crippen molar-refractivity contribution in [2.75, 3.05) is 6.61 Å². The van der Waals surface area contributed by atoms with E-state index in [0.717, 1.165) is 11.1 Å². The zero-order chi connectivity index (χ0) is 17.5. The van der Waals surface area contributed by atoms with Gasteiger partial charge in [0, 0.05) is 0 Å². The monoisotopic (exact) mass is 325 g/mol. The average Bonchev–Trinajstić information content (AvgIpc) is 2.54. The summed E-state index contributed by atoms with van der Waals surface area (Å²) in [6.07, 6.45) is 1.41. The molecule has 0 aliphatic carbocycles. The Balaban J connectivity index is 1.83. The van der Waals surface area contributed by atoms with Crippen LogP contribution in [0, 0.1) is 13.8 Å². The van der Waals surface area contributed by atoms with E-state index in [1.54, 1.807) is 12.1 Å². The van der Waals surface area contributed by atoms with Gasteiger partial charge in [0.15, 0.2) is 6.61 Å². The van der Waals surface area contributed by atoms with Crippen molar-refractivity contribution in [2.24, 2.45) is 5.10 Å². The fourth-order valence-corrected chi connectivity index (χ4v) is 2.02. The molecule has 0 saturated carbocycles. The highest BCUT2D eigenvalue weighted by Crippen LogP contribution is 2.18. The summed E-state index contributed by atoms with van der Waals surface area (Å²) in [6, 6.07) is 11.6. The number of carboxylic acids is 1. The summed E-state index contributed by atoms with van der Waals surface area (Å²) in [4.78, 5) is 22.3. The second-order valence-electron chi connectivity index (χ2n) is 5.26. The number of benzene rings is 2. The number of amides is 1. The highest BCUT2D eigenvalue weighted by atomic mass is 16.5. The normalized spacial score (nSPS) is 10.6. The van der Waals surface area contributed by atoms with Crippen molar-refractivity contribution in [3.63, 3.8) is 0 Å². The topological polar surface area (TPSA) is 90.8 Å². The Morgan fingerprint density at radius 1 is 1.17 bits per heavy atom. The highest BCUT2D eigenvalue weighted by molar-refractivity contribution is 5.88. The van der Waals surface area contributed by atoms with Gasteiger partial charge in [-0.1, -0.05) is 42.0 Å². The fourth-order valence-electron chi connectivity index (χ4n) is 2.02. The number of aryl methyl sites for hydroxylation is 2. The van der Waals surface area contributed by atoms with Crippen molar-refractivity contribution in [3.05, 3.63) is 64.7 Å². The smallest absolute Gasteiger partial charge is 0.277 e. The molecule has 6 heteroatoms. The molecule has 0 heterocycles. The summed E-state index contributed by atoms with van der Waals surface area (Å²) in [6.45, 7) is 3.75. The summed E-state index contributed by atoms with van der Waals surface area (Å²) in [5, 5.41) is 14.4. The maximum Gasteiger partial charge on any atom is 0.277 e. The molecule has 24 heavy (non-hydrogen) atoms. The first-order chi connectivity index (χ1) is 11.5. The summed E-state index contributed by atoms with van der Waals surface area (Å²) >= 11 is 0. The van der Waals surface area contributed by atoms with E-state index in [9.17, 15) is 14.7 Å². The van der Waals surface area contributed by atoms with Gasteiger partial charge in [-0.15, -0.1) is 0 Å². The summed E-state index contributed by atoms with van der Waals surface area (Å²) in [5.74, 6) is -0.981. The van der Waals surface area contributed by atoms with Crippen LogP contribution in [0.1, 0.15) is 27.0 Å². The molecule has 0 saturated heterocycles. The molecule has 2 aromatic carbocycles. The molecule has 1 amide bonds. The first-order valence-electron chi connectivity index (χ1n) is 7.29. The summed E-state index contributed by atoms with van der Waals surface area (Å²) in [5.41, 5.74) is 5.16. The Kier molecular flexibility index (Phi) is 5.68. The van der Waals surface area contributed by atoms with Crippen LogP contribution >= 0.6 is 0 Å². The molecule has 6 nitrogen and oxygen atoms in total. The largest absolute Gasteiger partial charge is 0.545 e. The number of carboxylic acid groups (broad SMARTS) is 1. The Morgan fingerprint density at radius 3 is 2.50 bits per heavy atom. The maximum absolute atomic E-state index is 11.7. The number of carbonyl (C=O) groups excluding carboxylic acids is 2. The number of aromatic carboxylic acids is 1. The Hall–Kier alpha value is -3.15. The van der Waals surface area contributed by atoms with Crippen molar-refractivity contribution in [1.29, 1.82) is 0 Å².